The predicted molar refractivity (Wildman–Crippen MR) is 152 cm³/mol. The van der Waals surface area contributed by atoms with E-state index in [1.807, 2.05) is 0 Å². The van der Waals surface area contributed by atoms with Crippen LogP contribution in [0, 0.1) is 0 Å². The maximum atomic E-state index is 13.9. The van der Waals surface area contributed by atoms with Gasteiger partial charge in [-0.15, -0.1) is 0 Å². The summed E-state index contributed by atoms with van der Waals surface area (Å²) in [6.45, 7) is 1.94. The first kappa shape index (κ1) is 31.2. The Morgan fingerprint density at radius 3 is 2.34 bits per heavy atom. The van der Waals surface area contributed by atoms with Crippen molar-refractivity contribution < 1.29 is 54.1 Å². The number of aliphatic hydroxyl groups is 4. The number of phenols is 1. The first-order valence-corrected chi connectivity index (χ1v) is 13.7. The van der Waals surface area contributed by atoms with Crippen LogP contribution in [0.15, 0.2) is 42.5 Å². The number of aliphatic hydroxyl groups excluding tert-OH is 4. The molecule has 1 fully saturated rings. The summed E-state index contributed by atoms with van der Waals surface area (Å²) in [5.41, 5.74) is 11.9. The molecule has 0 saturated carbocycles. The highest BCUT2D eigenvalue weighted by Gasteiger charge is 2.44. The molecule has 1 aliphatic heterocycles. The van der Waals surface area contributed by atoms with E-state index in [9.17, 15) is 39.9 Å². The summed E-state index contributed by atoms with van der Waals surface area (Å²) in [5, 5.41) is 52.7. The molecule has 13 heteroatoms. The summed E-state index contributed by atoms with van der Waals surface area (Å²) in [5.74, 6) is -3.02. The second kappa shape index (κ2) is 12.1. The fourth-order valence-electron chi connectivity index (χ4n) is 5.46. The van der Waals surface area contributed by atoms with Gasteiger partial charge in [-0.2, -0.15) is 0 Å². The van der Waals surface area contributed by atoms with Gasteiger partial charge in [0.15, 0.2) is 11.6 Å². The number of aromatic hydroxyl groups is 1. The summed E-state index contributed by atoms with van der Waals surface area (Å²) in [7, 11) is 0. The van der Waals surface area contributed by atoms with Crippen molar-refractivity contribution in [3.63, 3.8) is 0 Å². The van der Waals surface area contributed by atoms with Crippen LogP contribution in [-0.4, -0.2) is 73.8 Å². The predicted octanol–water partition coefficient (Wildman–Crippen LogP) is 0.298. The molecular weight excluding hydrogens is 576 g/mol. The molecule has 9 N–H and O–H groups in total. The number of ether oxygens (including phenoxy) is 3. The molecule has 0 unspecified atom stereocenters. The van der Waals surface area contributed by atoms with Gasteiger partial charge in [0.2, 0.25) is 6.29 Å². The summed E-state index contributed by atoms with van der Waals surface area (Å²) in [6, 6.07) is 10.5. The maximum absolute atomic E-state index is 13.9. The van der Waals surface area contributed by atoms with E-state index < -0.39 is 66.8 Å². The van der Waals surface area contributed by atoms with Gasteiger partial charge in [-0.05, 0) is 41.8 Å². The number of hydrogen-bond donors (Lipinski definition) is 7. The number of phenolic OH excluding ortho intramolecular Hbond substituents is 1. The summed E-state index contributed by atoms with van der Waals surface area (Å²) >= 11 is 0. The van der Waals surface area contributed by atoms with Crippen molar-refractivity contribution in [2.75, 3.05) is 0 Å². The van der Waals surface area contributed by atoms with Crippen molar-refractivity contribution in [2.45, 2.75) is 63.7 Å². The molecule has 0 radical (unpaired) electrons. The standard InChI is InChI=1S/C31H32N2O11/c1-12-24(36)28(40)29(41)31(42-12)44-21-10-20-23(26(38)18(21)7-14-4-3-5-15(6-14)30(32)33)27(39)22-16(11-34)8-17(43-13(2)35)9-19(22)25(20)37/h3-6,8-10,12,24,28-31,34,36,38,40-41H,7,11,32-33H2,1-2H3/t12-,24-,28-,29-,31-/m1/s1. The van der Waals surface area contributed by atoms with Crippen LogP contribution in [0.25, 0.3) is 0 Å². The highest BCUT2D eigenvalue weighted by molar-refractivity contribution is 6.30. The zero-order chi connectivity index (χ0) is 32.0. The van der Waals surface area contributed by atoms with Gasteiger partial charge in [-0.3, -0.25) is 14.4 Å². The largest absolute Gasteiger partial charge is 0.507 e. The number of fused-ring (bicyclic) bond motifs is 2. The minimum atomic E-state index is -1.72. The molecule has 232 valence electrons. The van der Waals surface area contributed by atoms with Crippen LogP contribution in [0.5, 0.6) is 17.2 Å². The number of nitrogens with two attached hydrogens (primary N) is 2. The number of benzene rings is 3. The van der Waals surface area contributed by atoms with Crippen LogP contribution in [0.4, 0.5) is 0 Å². The molecule has 3 aromatic rings. The van der Waals surface area contributed by atoms with Gasteiger partial charge in [-0.1, -0.05) is 24.3 Å². The Morgan fingerprint density at radius 1 is 0.977 bits per heavy atom. The number of carbonyl (C=O) groups excluding carboxylic acids is 3. The van der Waals surface area contributed by atoms with E-state index in [2.05, 4.69) is 0 Å². The molecule has 1 saturated heterocycles. The fraction of sp³-hybridized carbons (Fsp3) is 0.323. The van der Waals surface area contributed by atoms with Gasteiger partial charge in [0.05, 0.1) is 24.4 Å². The summed E-state index contributed by atoms with van der Waals surface area (Å²) in [4.78, 5) is 39.3. The molecule has 0 aromatic heterocycles. The van der Waals surface area contributed by atoms with E-state index in [0.29, 0.717) is 11.1 Å². The molecule has 1 heterocycles. The average Bonchev–Trinajstić information content (AvgIpc) is 2.98. The number of carbonyl (C=O) groups is 3. The molecular formula is C31H32N2O11. The number of ketones is 2. The normalized spacial score (nSPS) is 22.9. The third-order valence-corrected chi connectivity index (χ3v) is 7.70. The van der Waals surface area contributed by atoms with E-state index in [1.165, 1.54) is 25.1 Å². The second-order valence-corrected chi connectivity index (χ2v) is 10.8. The van der Waals surface area contributed by atoms with Gasteiger partial charge < -0.3 is 51.2 Å². The Morgan fingerprint density at radius 2 is 1.68 bits per heavy atom. The van der Waals surface area contributed by atoms with E-state index in [1.54, 1.807) is 24.3 Å². The Labute approximate surface area is 251 Å². The van der Waals surface area contributed by atoms with E-state index >= 15 is 0 Å². The van der Waals surface area contributed by atoms with Crippen LogP contribution >= 0.6 is 0 Å². The third-order valence-electron chi connectivity index (χ3n) is 7.70. The summed E-state index contributed by atoms with van der Waals surface area (Å²) in [6.07, 6.45) is -8.12. The lowest BCUT2D eigenvalue weighted by molar-refractivity contribution is -0.268. The van der Waals surface area contributed by atoms with Crippen molar-refractivity contribution >= 4 is 17.5 Å². The van der Waals surface area contributed by atoms with E-state index in [0.717, 1.165) is 6.92 Å². The molecule has 0 bridgehead atoms. The topological polar surface area (TPSA) is 232 Å². The Kier molecular flexibility index (Phi) is 8.55. The molecule has 13 nitrogen and oxygen atoms in total. The monoisotopic (exact) mass is 608 g/mol. The van der Waals surface area contributed by atoms with Crippen molar-refractivity contribution in [2.24, 2.45) is 11.5 Å². The smallest absolute Gasteiger partial charge is 0.308 e. The van der Waals surface area contributed by atoms with Gasteiger partial charge in [-0.25, -0.2) is 0 Å². The highest BCUT2D eigenvalue weighted by atomic mass is 16.7. The molecule has 5 rings (SSSR count). The van der Waals surface area contributed by atoms with Crippen LogP contribution in [0.2, 0.25) is 0 Å². The maximum Gasteiger partial charge on any atom is 0.308 e. The molecule has 44 heavy (non-hydrogen) atoms. The zero-order valence-corrected chi connectivity index (χ0v) is 23.8. The number of esters is 1. The van der Waals surface area contributed by atoms with E-state index in [4.69, 9.17) is 25.7 Å². The van der Waals surface area contributed by atoms with Crippen molar-refractivity contribution in [3.05, 3.63) is 87.0 Å². The number of hydrogen-bond acceptors (Lipinski definition) is 13. The molecule has 0 spiro atoms. The second-order valence-electron chi connectivity index (χ2n) is 10.8. The van der Waals surface area contributed by atoms with Crippen LogP contribution in [0.3, 0.4) is 0 Å². The van der Waals surface area contributed by atoms with Crippen LogP contribution in [0.1, 0.15) is 74.1 Å². The van der Waals surface area contributed by atoms with Crippen molar-refractivity contribution in [3.8, 4) is 17.2 Å². The molecule has 5 atom stereocenters. The number of rotatable bonds is 7. The quantitative estimate of drug-likeness (QED) is 0.0851. The first-order chi connectivity index (χ1) is 20.8. The van der Waals surface area contributed by atoms with Gasteiger partial charge in [0, 0.05) is 35.6 Å². The molecule has 1 aliphatic carbocycles. The third kappa shape index (κ3) is 5.57. The lowest BCUT2D eigenvalue weighted by Gasteiger charge is -2.39. The fourth-order valence-corrected chi connectivity index (χ4v) is 5.46. The van der Waals surface area contributed by atoms with Crippen LogP contribution in [-0.2, 0) is 22.6 Å². The minimum absolute atomic E-state index is 0.00826. The first-order valence-electron chi connectivity index (χ1n) is 13.7. The molecule has 0 amide bonds. The zero-order valence-electron chi connectivity index (χ0n) is 23.8. The van der Waals surface area contributed by atoms with Crippen molar-refractivity contribution in [1.82, 2.24) is 0 Å². The Bertz CT molecular complexity index is 1650. The van der Waals surface area contributed by atoms with Gasteiger partial charge in [0.1, 0.15) is 35.6 Å². The van der Waals surface area contributed by atoms with Gasteiger partial charge >= 0.3 is 5.97 Å². The van der Waals surface area contributed by atoms with Crippen molar-refractivity contribution in [1.29, 1.82) is 0 Å². The SMILES string of the molecule is CC(=O)Oc1cc(CO)c2c(c1)C(=O)c1cc(O[C@H]3O[C@H](C)[C@@H](O)[C@@H](O)[C@H]3O)c(Cc3cccc(C(N)N)c3)c(O)c1C2=O. The minimum Gasteiger partial charge on any atom is -0.507 e. The molecule has 2 aliphatic rings. The van der Waals surface area contributed by atoms with E-state index in [-0.39, 0.29) is 51.3 Å². The lowest BCUT2D eigenvalue weighted by Crippen LogP contribution is -2.58. The van der Waals surface area contributed by atoms with Crippen LogP contribution < -0.4 is 20.9 Å². The lowest BCUT2D eigenvalue weighted by atomic mass is 9.79. The average molecular weight is 609 g/mol. The Balaban J connectivity index is 1.68. The van der Waals surface area contributed by atoms with Gasteiger partial charge in [0.25, 0.3) is 0 Å². The molecule has 3 aromatic carbocycles. The highest BCUT2D eigenvalue weighted by Crippen LogP contribution is 2.43. The summed E-state index contributed by atoms with van der Waals surface area (Å²) < 4.78 is 16.6. The Hall–Kier alpha value is -4.21.